The zero-order chi connectivity index (χ0) is 12.0. The van der Waals surface area contributed by atoms with Crippen molar-refractivity contribution in [3.8, 4) is 0 Å². The molecule has 0 fully saturated rings. The van der Waals surface area contributed by atoms with Gasteiger partial charge in [-0.15, -0.1) is 0 Å². The summed E-state index contributed by atoms with van der Waals surface area (Å²) in [6.07, 6.45) is 0. The summed E-state index contributed by atoms with van der Waals surface area (Å²) in [5.41, 5.74) is 2.46. The van der Waals surface area contributed by atoms with Gasteiger partial charge in [0.2, 0.25) is 5.91 Å². The van der Waals surface area contributed by atoms with Crippen molar-refractivity contribution in [1.82, 2.24) is 15.3 Å². The highest BCUT2D eigenvalue weighted by atomic mass is 16.1. The van der Waals surface area contributed by atoms with Gasteiger partial charge in [-0.1, -0.05) is 0 Å². The number of hydrazine groups is 1. The normalized spacial score (nSPS) is 9.69. The van der Waals surface area contributed by atoms with E-state index in [1.807, 2.05) is 0 Å². The van der Waals surface area contributed by atoms with Crippen LogP contribution < -0.4 is 21.9 Å². The molecule has 0 saturated heterocycles. The van der Waals surface area contributed by atoms with Crippen molar-refractivity contribution in [2.75, 3.05) is 23.8 Å². The molecular weight excluding hydrogens is 208 g/mol. The van der Waals surface area contributed by atoms with Gasteiger partial charge in [-0.05, 0) is 6.92 Å². The lowest BCUT2D eigenvalue weighted by Gasteiger charge is -2.08. The molecule has 7 nitrogen and oxygen atoms in total. The van der Waals surface area contributed by atoms with E-state index in [4.69, 9.17) is 5.84 Å². The van der Waals surface area contributed by atoms with Crippen LogP contribution in [0.3, 0.4) is 0 Å². The Hall–Kier alpha value is -1.89. The standard InChI is InChI=1S/C9H16N6O/c1-6-13-8(5-9(14-6)15-10)12-4-3-11-7(2)16/h5H,3-4,10H2,1-2H3,(H,11,16)(H2,12,13,14,15). The van der Waals surface area contributed by atoms with Gasteiger partial charge in [0.15, 0.2) is 0 Å². The first-order valence-corrected chi connectivity index (χ1v) is 4.92. The number of nitrogens with zero attached hydrogens (tertiary/aromatic N) is 2. The Morgan fingerprint density at radius 1 is 1.38 bits per heavy atom. The maximum absolute atomic E-state index is 10.6. The van der Waals surface area contributed by atoms with E-state index in [2.05, 4.69) is 26.0 Å². The molecule has 7 heteroatoms. The third-order valence-corrected chi connectivity index (χ3v) is 1.79. The van der Waals surface area contributed by atoms with Crippen molar-refractivity contribution in [2.45, 2.75) is 13.8 Å². The molecule has 1 aromatic rings. The lowest BCUT2D eigenvalue weighted by atomic mass is 10.4. The lowest BCUT2D eigenvalue weighted by Crippen LogP contribution is -2.26. The van der Waals surface area contributed by atoms with Crippen LogP contribution >= 0.6 is 0 Å². The smallest absolute Gasteiger partial charge is 0.216 e. The second-order valence-electron chi connectivity index (χ2n) is 3.24. The van der Waals surface area contributed by atoms with Crippen molar-refractivity contribution in [3.05, 3.63) is 11.9 Å². The van der Waals surface area contributed by atoms with Crippen molar-refractivity contribution in [1.29, 1.82) is 0 Å². The molecule has 0 spiro atoms. The molecule has 0 bridgehead atoms. The number of anilines is 2. The number of rotatable bonds is 5. The van der Waals surface area contributed by atoms with E-state index < -0.39 is 0 Å². The largest absolute Gasteiger partial charge is 0.368 e. The Bertz CT molecular complexity index is 367. The fraction of sp³-hybridized carbons (Fsp3) is 0.444. The average Bonchev–Trinajstić information content (AvgIpc) is 2.23. The Morgan fingerprint density at radius 2 is 2.06 bits per heavy atom. The molecule has 0 atom stereocenters. The Morgan fingerprint density at radius 3 is 2.69 bits per heavy atom. The SMILES string of the molecule is CC(=O)NCCNc1cc(NN)nc(C)n1. The maximum atomic E-state index is 10.6. The number of carbonyl (C=O) groups is 1. The zero-order valence-electron chi connectivity index (χ0n) is 9.37. The molecule has 0 aliphatic rings. The Kier molecular flexibility index (Phi) is 4.46. The van der Waals surface area contributed by atoms with Crippen LogP contribution in [0.15, 0.2) is 6.07 Å². The van der Waals surface area contributed by atoms with Crippen LogP contribution in [0.25, 0.3) is 0 Å². The monoisotopic (exact) mass is 224 g/mol. The van der Waals surface area contributed by atoms with Gasteiger partial charge in [0.1, 0.15) is 17.5 Å². The van der Waals surface area contributed by atoms with E-state index in [0.717, 1.165) is 0 Å². The summed E-state index contributed by atoms with van der Waals surface area (Å²) in [6, 6.07) is 1.70. The summed E-state index contributed by atoms with van der Waals surface area (Å²) >= 11 is 0. The number of nitrogen functional groups attached to an aromatic ring is 1. The van der Waals surface area contributed by atoms with E-state index in [0.29, 0.717) is 30.5 Å². The maximum Gasteiger partial charge on any atom is 0.216 e. The summed E-state index contributed by atoms with van der Waals surface area (Å²) in [6.45, 7) is 4.40. The van der Waals surface area contributed by atoms with Gasteiger partial charge < -0.3 is 16.1 Å². The second-order valence-corrected chi connectivity index (χ2v) is 3.24. The number of hydrogen-bond donors (Lipinski definition) is 4. The van der Waals surface area contributed by atoms with Crippen LogP contribution in [0.4, 0.5) is 11.6 Å². The molecule has 0 saturated carbocycles. The first-order chi connectivity index (χ1) is 7.61. The predicted molar refractivity (Wildman–Crippen MR) is 61.8 cm³/mol. The molecule has 1 amide bonds. The van der Waals surface area contributed by atoms with E-state index in [1.165, 1.54) is 6.92 Å². The molecule has 0 aromatic carbocycles. The van der Waals surface area contributed by atoms with Crippen molar-refractivity contribution >= 4 is 17.5 Å². The summed E-state index contributed by atoms with van der Waals surface area (Å²) in [5.74, 6) is 7.05. The number of hydrogen-bond acceptors (Lipinski definition) is 6. The summed E-state index contributed by atoms with van der Waals surface area (Å²) in [7, 11) is 0. The van der Waals surface area contributed by atoms with Gasteiger partial charge in [-0.25, -0.2) is 15.8 Å². The van der Waals surface area contributed by atoms with Gasteiger partial charge >= 0.3 is 0 Å². The number of amides is 1. The van der Waals surface area contributed by atoms with E-state index in [9.17, 15) is 4.79 Å². The van der Waals surface area contributed by atoms with Crippen LogP contribution in [-0.4, -0.2) is 29.0 Å². The third-order valence-electron chi connectivity index (χ3n) is 1.79. The molecule has 16 heavy (non-hydrogen) atoms. The zero-order valence-corrected chi connectivity index (χ0v) is 9.37. The molecule has 0 aliphatic heterocycles. The van der Waals surface area contributed by atoms with Crippen LogP contribution in [0, 0.1) is 6.92 Å². The van der Waals surface area contributed by atoms with Crippen LogP contribution in [-0.2, 0) is 4.79 Å². The van der Waals surface area contributed by atoms with Gasteiger partial charge in [0.25, 0.3) is 0 Å². The fourth-order valence-electron chi connectivity index (χ4n) is 1.16. The van der Waals surface area contributed by atoms with E-state index >= 15 is 0 Å². The van der Waals surface area contributed by atoms with Crippen molar-refractivity contribution in [3.63, 3.8) is 0 Å². The molecule has 0 aliphatic carbocycles. The van der Waals surface area contributed by atoms with Gasteiger partial charge in [-0.3, -0.25) is 4.79 Å². The predicted octanol–water partition coefficient (Wildman–Crippen LogP) is -0.381. The highest BCUT2D eigenvalue weighted by Gasteiger charge is 1.99. The highest BCUT2D eigenvalue weighted by molar-refractivity contribution is 5.72. The number of nitrogens with two attached hydrogens (primary N) is 1. The topological polar surface area (TPSA) is 105 Å². The summed E-state index contributed by atoms with van der Waals surface area (Å²) < 4.78 is 0. The third kappa shape index (κ3) is 4.09. The molecule has 0 radical (unpaired) electrons. The van der Waals surface area contributed by atoms with E-state index in [1.54, 1.807) is 13.0 Å². The molecule has 0 unspecified atom stereocenters. The molecular formula is C9H16N6O. The number of carbonyl (C=O) groups excluding carboxylic acids is 1. The Labute approximate surface area is 93.8 Å². The average molecular weight is 224 g/mol. The first-order valence-electron chi connectivity index (χ1n) is 4.92. The quantitative estimate of drug-likeness (QED) is 0.309. The first kappa shape index (κ1) is 12.2. The summed E-state index contributed by atoms with van der Waals surface area (Å²) in [4.78, 5) is 18.8. The minimum Gasteiger partial charge on any atom is -0.368 e. The molecule has 88 valence electrons. The fourth-order valence-corrected chi connectivity index (χ4v) is 1.16. The van der Waals surface area contributed by atoms with Gasteiger partial charge in [-0.2, -0.15) is 0 Å². The Balaban J connectivity index is 2.47. The second kappa shape index (κ2) is 5.86. The number of aryl methyl sites for hydroxylation is 1. The molecule has 1 rings (SSSR count). The van der Waals surface area contributed by atoms with Crippen molar-refractivity contribution in [2.24, 2.45) is 5.84 Å². The summed E-state index contributed by atoms with van der Waals surface area (Å²) in [5, 5.41) is 5.73. The molecule has 1 heterocycles. The minimum absolute atomic E-state index is 0.0509. The highest BCUT2D eigenvalue weighted by Crippen LogP contribution is 2.08. The molecule has 1 aromatic heterocycles. The van der Waals surface area contributed by atoms with Gasteiger partial charge in [0, 0.05) is 26.1 Å². The minimum atomic E-state index is -0.0509. The van der Waals surface area contributed by atoms with Crippen LogP contribution in [0.1, 0.15) is 12.7 Å². The van der Waals surface area contributed by atoms with Crippen LogP contribution in [0.2, 0.25) is 0 Å². The van der Waals surface area contributed by atoms with Crippen molar-refractivity contribution < 1.29 is 4.79 Å². The molecule has 5 N–H and O–H groups in total. The number of aromatic nitrogens is 2. The van der Waals surface area contributed by atoms with Crippen LogP contribution in [0.5, 0.6) is 0 Å². The lowest BCUT2D eigenvalue weighted by molar-refractivity contribution is -0.118. The van der Waals surface area contributed by atoms with E-state index in [-0.39, 0.29) is 5.91 Å². The number of nitrogens with one attached hydrogen (secondary N) is 3. The van der Waals surface area contributed by atoms with Gasteiger partial charge in [0.05, 0.1) is 0 Å².